The normalized spacial score (nSPS) is 30.6. The minimum absolute atomic E-state index is 0.0500. The highest BCUT2D eigenvalue weighted by molar-refractivity contribution is 6.00. The van der Waals surface area contributed by atoms with Gasteiger partial charge < -0.3 is 19.2 Å². The summed E-state index contributed by atoms with van der Waals surface area (Å²) in [6.07, 6.45) is 12.9. The Hall–Kier alpha value is -3.48. The van der Waals surface area contributed by atoms with E-state index in [0.717, 1.165) is 66.9 Å². The predicted molar refractivity (Wildman–Crippen MR) is 143 cm³/mol. The summed E-state index contributed by atoms with van der Waals surface area (Å²) >= 11 is 0. The predicted octanol–water partition coefficient (Wildman–Crippen LogP) is 5.65. The largest absolute Gasteiger partial charge is 0.467 e. The molecule has 2 aromatic heterocycles. The van der Waals surface area contributed by atoms with Crippen LogP contribution in [-0.4, -0.2) is 39.5 Å². The number of nitrogens with one attached hydrogen (secondary N) is 1. The average Bonchev–Trinajstić information content (AvgIpc) is 3.36. The van der Waals surface area contributed by atoms with Crippen LogP contribution < -0.4 is 10.2 Å². The van der Waals surface area contributed by atoms with Crippen LogP contribution >= 0.6 is 0 Å². The number of hydrogen-bond acceptors (Lipinski definition) is 3. The van der Waals surface area contributed by atoms with Crippen LogP contribution in [0.4, 0.5) is 10.5 Å². The Morgan fingerprint density at radius 1 is 0.921 bits per heavy atom. The molecule has 5 fully saturated rings. The summed E-state index contributed by atoms with van der Waals surface area (Å²) in [5.74, 6) is 2.90. The molecule has 4 bridgehead atoms. The molecule has 3 aromatic rings. The number of aromatic nitrogens is 1. The number of carbonyl (C=O) groups excluding carboxylic acids is 2. The maximum atomic E-state index is 14.3. The van der Waals surface area contributed by atoms with Gasteiger partial charge in [-0.15, -0.1) is 0 Å². The monoisotopic (exact) mass is 510 g/mol. The summed E-state index contributed by atoms with van der Waals surface area (Å²) < 4.78 is 8.00. The number of furan rings is 1. The van der Waals surface area contributed by atoms with Crippen molar-refractivity contribution in [3.63, 3.8) is 0 Å². The number of anilines is 1. The van der Waals surface area contributed by atoms with E-state index in [1.54, 1.807) is 6.26 Å². The number of nitrogens with zero attached hydrogens (tertiary/aromatic N) is 3. The lowest BCUT2D eigenvalue weighted by molar-refractivity contribution is -0.120. The Kier molecular flexibility index (Phi) is 4.89. The van der Waals surface area contributed by atoms with Crippen molar-refractivity contribution in [3.8, 4) is 5.69 Å². The maximum absolute atomic E-state index is 14.3. The van der Waals surface area contributed by atoms with Crippen LogP contribution in [0, 0.1) is 17.8 Å². The molecule has 9 rings (SSSR count). The Morgan fingerprint density at radius 2 is 1.63 bits per heavy atom. The molecule has 5 saturated carbocycles. The first kappa shape index (κ1) is 22.5. The first-order valence-corrected chi connectivity index (χ1v) is 14.3. The van der Waals surface area contributed by atoms with Crippen LogP contribution in [0.5, 0.6) is 0 Å². The standard InChI is InChI=1S/C31H34N4O3/c36-28(19-34(23-9-10-23)30(37)32-31-16-20-13-21(17-31)15-22(14-20)18-31)35-25-6-2-1-5-24(25)33-11-3-7-26(33)29(35)27-8-4-12-38-27/h1-8,11-12,20-23,29H,9-10,13-19H2,(H,32,37). The smallest absolute Gasteiger partial charge is 0.318 e. The lowest BCUT2D eigenvalue weighted by Gasteiger charge is -2.57. The highest BCUT2D eigenvalue weighted by Gasteiger charge is 2.52. The number of carbonyl (C=O) groups is 2. The fourth-order valence-electron chi connectivity index (χ4n) is 8.51. The van der Waals surface area contributed by atoms with E-state index in [1.807, 2.05) is 64.5 Å². The summed E-state index contributed by atoms with van der Waals surface area (Å²) in [5, 5.41) is 3.52. The van der Waals surface area contributed by atoms with Crippen LogP contribution in [0.3, 0.4) is 0 Å². The van der Waals surface area contributed by atoms with Crippen molar-refractivity contribution in [1.29, 1.82) is 0 Å². The van der Waals surface area contributed by atoms with Gasteiger partial charge in [0, 0.05) is 17.8 Å². The summed E-state index contributed by atoms with van der Waals surface area (Å²) in [7, 11) is 0. The Labute approximate surface area is 222 Å². The fourth-order valence-corrected chi connectivity index (χ4v) is 8.51. The summed E-state index contributed by atoms with van der Waals surface area (Å²) in [6.45, 7) is 0.0646. The highest BCUT2D eigenvalue weighted by atomic mass is 16.3. The van der Waals surface area contributed by atoms with E-state index in [0.29, 0.717) is 5.76 Å². The van der Waals surface area contributed by atoms with E-state index in [-0.39, 0.29) is 30.1 Å². The maximum Gasteiger partial charge on any atom is 0.318 e. The number of amides is 3. The van der Waals surface area contributed by atoms with Gasteiger partial charge in [0.25, 0.3) is 0 Å². The summed E-state index contributed by atoms with van der Waals surface area (Å²) in [5.41, 5.74) is 2.69. The van der Waals surface area contributed by atoms with Gasteiger partial charge in [0.1, 0.15) is 18.3 Å². The molecule has 7 heteroatoms. The molecule has 6 aliphatic rings. The molecule has 1 N–H and O–H groups in total. The van der Waals surface area contributed by atoms with Gasteiger partial charge in [0.05, 0.1) is 23.3 Å². The van der Waals surface area contributed by atoms with Gasteiger partial charge in [0.2, 0.25) is 5.91 Å². The summed E-state index contributed by atoms with van der Waals surface area (Å²) in [4.78, 5) is 31.8. The van der Waals surface area contributed by atoms with Crippen molar-refractivity contribution in [1.82, 2.24) is 14.8 Å². The molecule has 5 aliphatic carbocycles. The minimum atomic E-state index is -0.394. The molecular weight excluding hydrogens is 476 g/mol. The Balaban J connectivity index is 1.10. The van der Waals surface area contributed by atoms with Gasteiger partial charge in [-0.3, -0.25) is 9.69 Å². The van der Waals surface area contributed by atoms with Crippen molar-refractivity contribution in [2.45, 2.75) is 69.0 Å². The molecule has 196 valence electrons. The molecule has 7 nitrogen and oxygen atoms in total. The number of hydrogen-bond donors (Lipinski definition) is 1. The van der Waals surface area contributed by atoms with Gasteiger partial charge >= 0.3 is 6.03 Å². The van der Waals surface area contributed by atoms with Crippen molar-refractivity contribution in [3.05, 3.63) is 72.4 Å². The third-order valence-electron chi connectivity index (χ3n) is 9.77. The molecule has 38 heavy (non-hydrogen) atoms. The third kappa shape index (κ3) is 3.54. The van der Waals surface area contributed by atoms with Crippen LogP contribution in [0.1, 0.15) is 68.9 Å². The van der Waals surface area contributed by atoms with Crippen LogP contribution in [0.25, 0.3) is 5.69 Å². The first-order chi connectivity index (χ1) is 18.6. The highest BCUT2D eigenvalue weighted by Crippen LogP contribution is 2.55. The van der Waals surface area contributed by atoms with E-state index in [2.05, 4.69) is 9.88 Å². The molecule has 3 amide bonds. The molecule has 1 atom stereocenters. The molecule has 0 radical (unpaired) electrons. The van der Waals surface area contributed by atoms with E-state index in [9.17, 15) is 9.59 Å². The van der Waals surface area contributed by atoms with E-state index in [1.165, 1.54) is 19.3 Å². The van der Waals surface area contributed by atoms with Gasteiger partial charge in [-0.05, 0) is 106 Å². The second-order valence-electron chi connectivity index (χ2n) is 12.5. The zero-order chi connectivity index (χ0) is 25.4. The van der Waals surface area contributed by atoms with E-state index in [4.69, 9.17) is 4.42 Å². The lowest BCUT2D eigenvalue weighted by atomic mass is 9.53. The van der Waals surface area contributed by atoms with Crippen LogP contribution in [0.2, 0.25) is 0 Å². The second-order valence-corrected chi connectivity index (χ2v) is 12.5. The van der Waals surface area contributed by atoms with E-state index >= 15 is 0 Å². The molecule has 0 saturated heterocycles. The van der Waals surface area contributed by atoms with Crippen molar-refractivity contribution in [2.75, 3.05) is 11.4 Å². The van der Waals surface area contributed by atoms with Crippen LogP contribution in [0.15, 0.2) is 65.4 Å². The zero-order valence-electron chi connectivity index (χ0n) is 21.6. The van der Waals surface area contributed by atoms with Gasteiger partial charge in [-0.25, -0.2) is 4.79 Å². The quantitative estimate of drug-likeness (QED) is 0.482. The van der Waals surface area contributed by atoms with Gasteiger partial charge in [0.15, 0.2) is 0 Å². The lowest BCUT2D eigenvalue weighted by Crippen LogP contribution is -2.62. The zero-order valence-corrected chi connectivity index (χ0v) is 21.6. The molecule has 1 unspecified atom stereocenters. The molecule has 1 aliphatic heterocycles. The number of rotatable bonds is 5. The van der Waals surface area contributed by atoms with Crippen molar-refractivity contribution < 1.29 is 14.0 Å². The van der Waals surface area contributed by atoms with Gasteiger partial charge in [-0.2, -0.15) is 0 Å². The van der Waals surface area contributed by atoms with Gasteiger partial charge in [-0.1, -0.05) is 12.1 Å². The van der Waals surface area contributed by atoms with E-state index < -0.39 is 6.04 Å². The molecule has 3 heterocycles. The molecular formula is C31H34N4O3. The Bertz CT molecular complexity index is 1350. The number of urea groups is 1. The topological polar surface area (TPSA) is 70.7 Å². The Morgan fingerprint density at radius 3 is 2.29 bits per heavy atom. The average molecular weight is 511 g/mol. The number of para-hydroxylation sites is 2. The third-order valence-corrected chi connectivity index (χ3v) is 9.77. The second kappa shape index (κ2) is 8.26. The number of fused-ring (bicyclic) bond motifs is 3. The fraction of sp³-hybridized carbons (Fsp3) is 0.484. The SMILES string of the molecule is O=C(NC12CC3CC(CC(C3)C1)C2)N(CC(=O)N1c2ccccc2-n2cccc2C1c1ccco1)C1CC1. The number of benzene rings is 1. The molecule has 1 aromatic carbocycles. The van der Waals surface area contributed by atoms with Crippen molar-refractivity contribution in [2.24, 2.45) is 17.8 Å². The summed E-state index contributed by atoms with van der Waals surface area (Å²) in [6, 6.07) is 15.5. The van der Waals surface area contributed by atoms with Crippen LogP contribution in [-0.2, 0) is 4.79 Å². The first-order valence-electron chi connectivity index (χ1n) is 14.3. The van der Waals surface area contributed by atoms with Crippen molar-refractivity contribution >= 4 is 17.6 Å². The molecule has 0 spiro atoms. The minimum Gasteiger partial charge on any atom is -0.467 e.